The molecule has 21 heavy (non-hydrogen) atoms. The fourth-order valence-corrected chi connectivity index (χ4v) is 3.32. The third-order valence-electron chi connectivity index (χ3n) is 4.36. The second-order valence-electron chi connectivity index (χ2n) is 5.90. The molecular formula is C16H19NO4. The van der Waals surface area contributed by atoms with Gasteiger partial charge >= 0.3 is 5.97 Å². The first-order valence-electron chi connectivity index (χ1n) is 7.32. The predicted molar refractivity (Wildman–Crippen MR) is 76.4 cm³/mol. The number of carbonyl (C=O) groups excluding carboxylic acids is 1. The van der Waals surface area contributed by atoms with Crippen LogP contribution in [0.15, 0.2) is 18.2 Å². The van der Waals surface area contributed by atoms with Crippen molar-refractivity contribution in [1.82, 2.24) is 5.32 Å². The molecule has 2 aliphatic rings. The number of aryl methyl sites for hydroxylation is 1. The first kappa shape index (κ1) is 14.1. The van der Waals surface area contributed by atoms with Crippen LogP contribution in [-0.4, -0.2) is 35.7 Å². The van der Waals surface area contributed by atoms with E-state index >= 15 is 0 Å². The molecule has 1 aliphatic heterocycles. The number of hydrogen-bond donors (Lipinski definition) is 2. The summed E-state index contributed by atoms with van der Waals surface area (Å²) >= 11 is 0. The smallest absolute Gasteiger partial charge is 0.305 e. The van der Waals surface area contributed by atoms with Crippen molar-refractivity contribution in [2.75, 3.05) is 13.2 Å². The highest BCUT2D eigenvalue weighted by Crippen LogP contribution is 2.27. The van der Waals surface area contributed by atoms with Crippen LogP contribution in [0.2, 0.25) is 0 Å². The molecule has 2 N–H and O–H groups in total. The molecule has 5 heteroatoms. The van der Waals surface area contributed by atoms with E-state index in [-0.39, 0.29) is 18.9 Å². The Bertz CT molecular complexity index is 576. The third kappa shape index (κ3) is 2.78. The lowest BCUT2D eigenvalue weighted by Gasteiger charge is -2.27. The second kappa shape index (κ2) is 5.48. The minimum atomic E-state index is -0.918. The minimum Gasteiger partial charge on any atom is -0.481 e. The molecule has 3 rings (SSSR count). The van der Waals surface area contributed by atoms with E-state index in [0.29, 0.717) is 18.6 Å². The Hall–Kier alpha value is -1.88. The SMILES string of the molecule is O=C(O)CC1(NC(=O)c2cccc3c2CCC3)CCOC1. The van der Waals surface area contributed by atoms with Crippen molar-refractivity contribution in [3.8, 4) is 0 Å². The fraction of sp³-hybridized carbons (Fsp3) is 0.500. The number of ether oxygens (including phenoxy) is 1. The van der Waals surface area contributed by atoms with Crippen molar-refractivity contribution >= 4 is 11.9 Å². The average Bonchev–Trinajstić information content (AvgIpc) is 3.06. The molecule has 0 saturated carbocycles. The van der Waals surface area contributed by atoms with Gasteiger partial charge in [-0.05, 0) is 42.9 Å². The number of rotatable bonds is 4. The van der Waals surface area contributed by atoms with Gasteiger partial charge in [0, 0.05) is 12.2 Å². The summed E-state index contributed by atoms with van der Waals surface area (Å²) in [5.41, 5.74) is 2.25. The number of nitrogens with one attached hydrogen (secondary N) is 1. The molecular weight excluding hydrogens is 270 g/mol. The predicted octanol–water partition coefficient (Wildman–Crippen LogP) is 1.54. The fourth-order valence-electron chi connectivity index (χ4n) is 3.32. The van der Waals surface area contributed by atoms with Gasteiger partial charge in [0.1, 0.15) is 0 Å². The minimum absolute atomic E-state index is 0.103. The largest absolute Gasteiger partial charge is 0.481 e. The van der Waals surface area contributed by atoms with Crippen LogP contribution >= 0.6 is 0 Å². The summed E-state index contributed by atoms with van der Waals surface area (Å²) in [6.07, 6.45) is 3.44. The van der Waals surface area contributed by atoms with Gasteiger partial charge in [0.05, 0.1) is 18.6 Å². The molecule has 1 aromatic carbocycles. The standard InChI is InChI=1S/C16H19NO4/c18-14(19)9-16(7-8-21-10-16)17-15(20)13-6-2-4-11-3-1-5-12(11)13/h2,4,6H,1,3,5,7-10H2,(H,17,20)(H,18,19). The van der Waals surface area contributed by atoms with Crippen LogP contribution in [0.1, 0.15) is 40.7 Å². The molecule has 1 fully saturated rings. The summed E-state index contributed by atoms with van der Waals surface area (Å²) in [5.74, 6) is -1.10. The van der Waals surface area contributed by atoms with Crippen molar-refractivity contribution < 1.29 is 19.4 Å². The highest BCUT2D eigenvalue weighted by molar-refractivity contribution is 5.97. The molecule has 1 amide bonds. The molecule has 1 unspecified atom stereocenters. The molecule has 112 valence electrons. The van der Waals surface area contributed by atoms with E-state index in [0.717, 1.165) is 24.8 Å². The van der Waals surface area contributed by atoms with Gasteiger partial charge in [-0.1, -0.05) is 12.1 Å². The van der Waals surface area contributed by atoms with Crippen LogP contribution in [0.4, 0.5) is 0 Å². The molecule has 1 aliphatic carbocycles. The monoisotopic (exact) mass is 289 g/mol. The lowest BCUT2D eigenvalue weighted by atomic mass is 9.93. The molecule has 0 radical (unpaired) electrons. The average molecular weight is 289 g/mol. The summed E-state index contributed by atoms with van der Waals surface area (Å²) in [4.78, 5) is 23.6. The number of carboxylic acid groups (broad SMARTS) is 1. The second-order valence-corrected chi connectivity index (χ2v) is 5.90. The molecule has 5 nitrogen and oxygen atoms in total. The van der Waals surface area contributed by atoms with E-state index in [1.165, 1.54) is 5.56 Å². The third-order valence-corrected chi connectivity index (χ3v) is 4.36. The van der Waals surface area contributed by atoms with Crippen LogP contribution in [0, 0.1) is 0 Å². The Balaban J connectivity index is 1.82. The molecule has 1 heterocycles. The maximum Gasteiger partial charge on any atom is 0.305 e. The summed E-state index contributed by atoms with van der Waals surface area (Å²) in [7, 11) is 0. The van der Waals surface area contributed by atoms with Crippen molar-refractivity contribution in [3.05, 3.63) is 34.9 Å². The number of aliphatic carboxylic acids is 1. The van der Waals surface area contributed by atoms with Gasteiger partial charge in [0.15, 0.2) is 0 Å². The Labute approximate surface area is 123 Å². The van der Waals surface area contributed by atoms with Gasteiger partial charge in [-0.25, -0.2) is 0 Å². The van der Waals surface area contributed by atoms with E-state index in [2.05, 4.69) is 11.4 Å². The number of benzene rings is 1. The first-order valence-corrected chi connectivity index (χ1v) is 7.32. The van der Waals surface area contributed by atoms with Gasteiger partial charge in [-0.15, -0.1) is 0 Å². The van der Waals surface area contributed by atoms with E-state index in [1.807, 2.05) is 12.1 Å². The van der Waals surface area contributed by atoms with Gasteiger partial charge in [-0.3, -0.25) is 9.59 Å². The number of fused-ring (bicyclic) bond motifs is 1. The van der Waals surface area contributed by atoms with Crippen molar-refractivity contribution in [2.45, 2.75) is 37.6 Å². The summed E-state index contributed by atoms with van der Waals surface area (Å²) in [5, 5.41) is 12.0. The zero-order valence-corrected chi connectivity index (χ0v) is 11.9. The Kier molecular flexibility index (Phi) is 3.68. The topological polar surface area (TPSA) is 75.6 Å². The normalized spacial score (nSPS) is 23.8. The van der Waals surface area contributed by atoms with Gasteiger partial charge in [-0.2, -0.15) is 0 Å². The number of hydrogen-bond acceptors (Lipinski definition) is 3. The van der Waals surface area contributed by atoms with Crippen molar-refractivity contribution in [1.29, 1.82) is 0 Å². The van der Waals surface area contributed by atoms with E-state index < -0.39 is 11.5 Å². The highest BCUT2D eigenvalue weighted by Gasteiger charge is 2.39. The molecule has 1 atom stereocenters. The van der Waals surface area contributed by atoms with Gasteiger partial charge in [0.25, 0.3) is 5.91 Å². The quantitative estimate of drug-likeness (QED) is 0.881. The van der Waals surface area contributed by atoms with E-state index in [4.69, 9.17) is 9.84 Å². The lowest BCUT2D eigenvalue weighted by molar-refractivity contribution is -0.138. The summed E-state index contributed by atoms with van der Waals surface area (Å²) in [6.45, 7) is 0.751. The van der Waals surface area contributed by atoms with Gasteiger partial charge in [0.2, 0.25) is 0 Å². The maximum absolute atomic E-state index is 12.6. The highest BCUT2D eigenvalue weighted by atomic mass is 16.5. The van der Waals surface area contributed by atoms with Crippen LogP contribution in [0.3, 0.4) is 0 Å². The molecule has 1 saturated heterocycles. The van der Waals surface area contributed by atoms with Crippen molar-refractivity contribution in [3.63, 3.8) is 0 Å². The maximum atomic E-state index is 12.6. The zero-order chi connectivity index (χ0) is 14.9. The lowest BCUT2D eigenvalue weighted by Crippen LogP contribution is -2.50. The van der Waals surface area contributed by atoms with Crippen molar-refractivity contribution in [2.24, 2.45) is 0 Å². The molecule has 0 aromatic heterocycles. The zero-order valence-electron chi connectivity index (χ0n) is 11.9. The summed E-state index contributed by atoms with van der Waals surface area (Å²) < 4.78 is 5.31. The van der Waals surface area contributed by atoms with Crippen LogP contribution in [0.25, 0.3) is 0 Å². The Morgan fingerprint density at radius 1 is 1.33 bits per heavy atom. The number of amides is 1. The molecule has 0 bridgehead atoms. The Morgan fingerprint density at radius 3 is 2.90 bits per heavy atom. The molecule has 0 spiro atoms. The van der Waals surface area contributed by atoms with Crippen LogP contribution in [-0.2, 0) is 22.4 Å². The number of carbonyl (C=O) groups is 2. The molecule has 1 aromatic rings. The summed E-state index contributed by atoms with van der Waals surface area (Å²) in [6, 6.07) is 5.78. The van der Waals surface area contributed by atoms with E-state index in [9.17, 15) is 9.59 Å². The van der Waals surface area contributed by atoms with Crippen LogP contribution < -0.4 is 5.32 Å². The Morgan fingerprint density at radius 2 is 2.19 bits per heavy atom. The number of carboxylic acids is 1. The van der Waals surface area contributed by atoms with E-state index in [1.54, 1.807) is 0 Å². The van der Waals surface area contributed by atoms with Crippen LogP contribution in [0.5, 0.6) is 0 Å². The first-order chi connectivity index (χ1) is 10.1. The van der Waals surface area contributed by atoms with Gasteiger partial charge < -0.3 is 15.2 Å².